The second kappa shape index (κ2) is 6.26. The fourth-order valence-corrected chi connectivity index (χ4v) is 2.30. The summed E-state index contributed by atoms with van der Waals surface area (Å²) in [5, 5.41) is 0. The second-order valence-electron chi connectivity index (χ2n) is 4.70. The first-order valence-corrected chi connectivity index (χ1v) is 7.08. The molecule has 0 spiro atoms. The molecule has 1 aromatic heterocycles. The summed E-state index contributed by atoms with van der Waals surface area (Å²) in [6.07, 6.45) is 1.64. The van der Waals surface area contributed by atoms with Gasteiger partial charge < -0.3 is 14.9 Å². The lowest BCUT2D eigenvalue weighted by Crippen LogP contribution is -2.03. The highest BCUT2D eigenvalue weighted by Crippen LogP contribution is 2.30. The van der Waals surface area contributed by atoms with Crippen LogP contribution in [0.15, 0.2) is 39.4 Å². The third kappa shape index (κ3) is 3.39. The van der Waals surface area contributed by atoms with Crippen LogP contribution in [0.1, 0.15) is 36.7 Å². The van der Waals surface area contributed by atoms with Gasteiger partial charge in [-0.2, -0.15) is 0 Å². The van der Waals surface area contributed by atoms with Crippen molar-refractivity contribution in [2.75, 3.05) is 0 Å². The lowest BCUT2D eigenvalue weighted by atomic mass is 10.0. The number of nitrogens with two attached hydrogens (primary N) is 1. The monoisotopic (exact) mass is 323 g/mol. The average molecular weight is 324 g/mol. The largest absolute Gasteiger partial charge is 0.485 e. The van der Waals surface area contributed by atoms with Crippen molar-refractivity contribution in [2.45, 2.75) is 32.9 Å². The number of rotatable bonds is 5. The molecule has 19 heavy (non-hydrogen) atoms. The van der Waals surface area contributed by atoms with Crippen molar-refractivity contribution in [2.24, 2.45) is 5.73 Å². The zero-order chi connectivity index (χ0) is 13.8. The smallest absolute Gasteiger partial charge is 0.146 e. The molecule has 0 saturated heterocycles. The highest BCUT2D eigenvalue weighted by atomic mass is 79.9. The Kier molecular flexibility index (Phi) is 4.66. The molecular formula is C15H18BrNO2. The van der Waals surface area contributed by atoms with Gasteiger partial charge in [0.15, 0.2) is 0 Å². The van der Waals surface area contributed by atoms with Gasteiger partial charge in [0, 0.05) is 16.6 Å². The summed E-state index contributed by atoms with van der Waals surface area (Å²) in [5.74, 6) is 2.08. The highest BCUT2D eigenvalue weighted by Gasteiger charge is 2.11. The standard InChI is InChI=1S/C15H18BrNO2/c1-10(2)13-7-12(16)3-4-14(13)19-9-15-11(8-17)5-6-18-15/h3-7,10H,8-9,17H2,1-2H3. The first-order chi connectivity index (χ1) is 9.11. The summed E-state index contributed by atoms with van der Waals surface area (Å²) in [5.41, 5.74) is 7.81. The Morgan fingerprint density at radius 2 is 2.11 bits per heavy atom. The van der Waals surface area contributed by atoms with E-state index in [0.29, 0.717) is 19.1 Å². The number of hydrogen-bond donors (Lipinski definition) is 1. The van der Waals surface area contributed by atoms with E-state index in [9.17, 15) is 0 Å². The molecule has 0 bridgehead atoms. The van der Waals surface area contributed by atoms with Crippen LogP contribution in [0.2, 0.25) is 0 Å². The Labute approximate surface area is 121 Å². The molecule has 2 N–H and O–H groups in total. The Morgan fingerprint density at radius 3 is 2.79 bits per heavy atom. The average Bonchev–Trinajstić information content (AvgIpc) is 2.84. The van der Waals surface area contributed by atoms with Crippen LogP contribution >= 0.6 is 15.9 Å². The maximum absolute atomic E-state index is 5.87. The topological polar surface area (TPSA) is 48.4 Å². The van der Waals surface area contributed by atoms with E-state index in [-0.39, 0.29) is 0 Å². The molecule has 3 nitrogen and oxygen atoms in total. The molecule has 1 aromatic carbocycles. The van der Waals surface area contributed by atoms with Gasteiger partial charge in [-0.3, -0.25) is 0 Å². The van der Waals surface area contributed by atoms with Gasteiger partial charge >= 0.3 is 0 Å². The third-order valence-corrected chi connectivity index (χ3v) is 3.50. The maximum Gasteiger partial charge on any atom is 0.146 e. The van der Waals surface area contributed by atoms with E-state index in [4.69, 9.17) is 14.9 Å². The molecule has 0 saturated carbocycles. The minimum absolute atomic E-state index is 0.401. The molecule has 0 aliphatic heterocycles. The van der Waals surface area contributed by atoms with Crippen LogP contribution in [-0.2, 0) is 13.2 Å². The molecule has 1 heterocycles. The summed E-state index contributed by atoms with van der Waals surface area (Å²) >= 11 is 3.49. The van der Waals surface area contributed by atoms with Crippen molar-refractivity contribution >= 4 is 15.9 Å². The van der Waals surface area contributed by atoms with Gasteiger partial charge in [0.1, 0.15) is 18.1 Å². The van der Waals surface area contributed by atoms with Crippen molar-refractivity contribution in [1.82, 2.24) is 0 Å². The lowest BCUT2D eigenvalue weighted by molar-refractivity contribution is 0.265. The predicted molar refractivity (Wildman–Crippen MR) is 79.2 cm³/mol. The molecule has 0 radical (unpaired) electrons. The molecule has 2 aromatic rings. The van der Waals surface area contributed by atoms with E-state index >= 15 is 0 Å². The lowest BCUT2D eigenvalue weighted by Gasteiger charge is -2.14. The fraction of sp³-hybridized carbons (Fsp3) is 0.333. The first-order valence-electron chi connectivity index (χ1n) is 6.29. The summed E-state index contributed by atoms with van der Waals surface area (Å²) in [6, 6.07) is 7.92. The Bertz CT molecular complexity index is 549. The molecule has 102 valence electrons. The molecule has 4 heteroatoms. The first kappa shape index (κ1) is 14.2. The van der Waals surface area contributed by atoms with Crippen LogP contribution in [0.4, 0.5) is 0 Å². The highest BCUT2D eigenvalue weighted by molar-refractivity contribution is 9.10. The molecule has 0 amide bonds. The molecule has 0 unspecified atom stereocenters. The van der Waals surface area contributed by atoms with Crippen LogP contribution < -0.4 is 10.5 Å². The Morgan fingerprint density at radius 1 is 1.32 bits per heavy atom. The Hall–Kier alpha value is -1.26. The van der Waals surface area contributed by atoms with Gasteiger partial charge in [-0.1, -0.05) is 29.8 Å². The summed E-state index contributed by atoms with van der Waals surface area (Å²) in [6.45, 7) is 5.16. The maximum atomic E-state index is 5.87. The van der Waals surface area contributed by atoms with Crippen LogP contribution in [0.25, 0.3) is 0 Å². The van der Waals surface area contributed by atoms with E-state index in [2.05, 4.69) is 35.8 Å². The van der Waals surface area contributed by atoms with Gasteiger partial charge in [0.2, 0.25) is 0 Å². The summed E-state index contributed by atoms with van der Waals surface area (Å²) < 4.78 is 12.3. The van der Waals surface area contributed by atoms with Crippen molar-refractivity contribution in [3.63, 3.8) is 0 Å². The van der Waals surface area contributed by atoms with E-state index in [1.807, 2.05) is 18.2 Å². The summed E-state index contributed by atoms with van der Waals surface area (Å²) in [4.78, 5) is 0. The van der Waals surface area contributed by atoms with Gasteiger partial charge in [-0.25, -0.2) is 0 Å². The number of benzene rings is 1. The van der Waals surface area contributed by atoms with Gasteiger partial charge in [-0.05, 0) is 35.7 Å². The number of halogens is 1. The minimum Gasteiger partial charge on any atom is -0.485 e. The van der Waals surface area contributed by atoms with E-state index in [0.717, 1.165) is 21.5 Å². The number of ether oxygens (including phenoxy) is 1. The quantitative estimate of drug-likeness (QED) is 0.896. The van der Waals surface area contributed by atoms with Gasteiger partial charge in [0.05, 0.1) is 6.26 Å². The van der Waals surface area contributed by atoms with Crippen LogP contribution in [-0.4, -0.2) is 0 Å². The second-order valence-corrected chi connectivity index (χ2v) is 5.61. The van der Waals surface area contributed by atoms with Crippen molar-refractivity contribution in [3.8, 4) is 5.75 Å². The zero-order valence-corrected chi connectivity index (χ0v) is 12.7. The van der Waals surface area contributed by atoms with E-state index in [1.165, 1.54) is 5.56 Å². The minimum atomic E-state index is 0.401. The molecule has 0 fully saturated rings. The van der Waals surface area contributed by atoms with Crippen LogP contribution in [0.5, 0.6) is 5.75 Å². The number of furan rings is 1. The van der Waals surface area contributed by atoms with Crippen molar-refractivity contribution in [1.29, 1.82) is 0 Å². The zero-order valence-electron chi connectivity index (χ0n) is 11.2. The van der Waals surface area contributed by atoms with Crippen LogP contribution in [0.3, 0.4) is 0 Å². The normalized spacial score (nSPS) is 11.0. The predicted octanol–water partition coefficient (Wildman–Crippen LogP) is 4.20. The van der Waals surface area contributed by atoms with Crippen LogP contribution in [0, 0.1) is 0 Å². The molecule has 0 aliphatic carbocycles. The summed E-state index contributed by atoms with van der Waals surface area (Å²) in [7, 11) is 0. The molecule has 0 atom stereocenters. The molecule has 2 rings (SSSR count). The third-order valence-electron chi connectivity index (χ3n) is 3.01. The van der Waals surface area contributed by atoms with E-state index < -0.39 is 0 Å². The SMILES string of the molecule is CC(C)c1cc(Br)ccc1OCc1occc1CN. The molecule has 0 aliphatic rings. The van der Waals surface area contributed by atoms with Crippen molar-refractivity contribution in [3.05, 3.63) is 51.9 Å². The van der Waals surface area contributed by atoms with Gasteiger partial charge in [0.25, 0.3) is 0 Å². The van der Waals surface area contributed by atoms with Gasteiger partial charge in [-0.15, -0.1) is 0 Å². The van der Waals surface area contributed by atoms with E-state index in [1.54, 1.807) is 6.26 Å². The molecular weight excluding hydrogens is 306 g/mol. The Balaban J connectivity index is 2.15. The van der Waals surface area contributed by atoms with Crippen molar-refractivity contribution < 1.29 is 9.15 Å². The number of hydrogen-bond acceptors (Lipinski definition) is 3. The fourth-order valence-electron chi connectivity index (χ4n) is 1.92.